The molecule has 1 aromatic carbocycles. The van der Waals surface area contributed by atoms with E-state index < -0.39 is 22.8 Å². The molecule has 0 aliphatic rings. The van der Waals surface area contributed by atoms with E-state index in [1.807, 2.05) is 32.8 Å². The smallest absolute Gasteiger partial charge is 0.293 e. The zero-order valence-corrected chi connectivity index (χ0v) is 16.9. The van der Waals surface area contributed by atoms with Gasteiger partial charge in [-0.1, -0.05) is 12.1 Å². The Morgan fingerprint density at radius 1 is 1.29 bits per heavy atom. The van der Waals surface area contributed by atoms with E-state index >= 15 is 0 Å². The van der Waals surface area contributed by atoms with Gasteiger partial charge in [-0.05, 0) is 34.0 Å². The van der Waals surface area contributed by atoms with Crippen molar-refractivity contribution in [2.24, 2.45) is 0 Å². The lowest BCUT2D eigenvalue weighted by Gasteiger charge is -2.31. The molecular formula is C19H26N4O5. The van der Waals surface area contributed by atoms with E-state index in [0.717, 1.165) is 0 Å². The van der Waals surface area contributed by atoms with Crippen LogP contribution in [0.15, 0.2) is 23.0 Å². The number of rotatable bonds is 7. The van der Waals surface area contributed by atoms with Crippen LogP contribution >= 0.6 is 0 Å². The molecule has 1 heterocycles. The highest BCUT2D eigenvalue weighted by Gasteiger charge is 2.29. The van der Waals surface area contributed by atoms with Crippen molar-refractivity contribution in [1.82, 2.24) is 20.2 Å². The molecule has 3 N–H and O–H groups in total. The third kappa shape index (κ3) is 4.09. The molecule has 28 heavy (non-hydrogen) atoms. The SMILES string of the molecule is COc1cccc(CNC(=O)c2nc(C(C)(C)N(C)C)[nH]c(=O)c2O)c1OC. The molecule has 0 fully saturated rings. The number of ether oxygens (including phenoxy) is 2. The van der Waals surface area contributed by atoms with Crippen molar-refractivity contribution >= 4 is 5.91 Å². The first-order chi connectivity index (χ1) is 13.1. The van der Waals surface area contributed by atoms with Crippen LogP contribution < -0.4 is 20.3 Å². The molecule has 2 rings (SSSR count). The summed E-state index contributed by atoms with van der Waals surface area (Å²) in [6.45, 7) is 3.77. The maximum Gasteiger partial charge on any atom is 0.293 e. The lowest BCUT2D eigenvalue weighted by atomic mass is 10.0. The summed E-state index contributed by atoms with van der Waals surface area (Å²) in [5, 5.41) is 12.7. The van der Waals surface area contributed by atoms with Crippen molar-refractivity contribution < 1.29 is 19.4 Å². The molecule has 9 heteroatoms. The molecule has 0 saturated carbocycles. The number of carbonyl (C=O) groups excluding carboxylic acids is 1. The standard InChI is InChI=1S/C19H26N4O5/c1-19(2,23(3)4)18-21-13(14(24)17(26)22-18)16(25)20-10-11-8-7-9-12(27-5)15(11)28-6/h7-9,24H,10H2,1-6H3,(H,20,25)(H,21,22,26). The fourth-order valence-electron chi connectivity index (χ4n) is 2.48. The summed E-state index contributed by atoms with van der Waals surface area (Å²) < 4.78 is 10.6. The van der Waals surface area contributed by atoms with Gasteiger partial charge in [0.15, 0.2) is 17.2 Å². The molecule has 1 aromatic heterocycles. The van der Waals surface area contributed by atoms with E-state index in [-0.39, 0.29) is 18.1 Å². The second-order valence-electron chi connectivity index (χ2n) is 6.90. The van der Waals surface area contributed by atoms with Gasteiger partial charge in [0.25, 0.3) is 11.5 Å². The number of nitrogens with zero attached hydrogens (tertiary/aromatic N) is 2. The van der Waals surface area contributed by atoms with Gasteiger partial charge in [0, 0.05) is 12.1 Å². The summed E-state index contributed by atoms with van der Waals surface area (Å²) >= 11 is 0. The van der Waals surface area contributed by atoms with Gasteiger partial charge in [0.2, 0.25) is 5.75 Å². The maximum absolute atomic E-state index is 12.6. The Morgan fingerprint density at radius 2 is 1.96 bits per heavy atom. The van der Waals surface area contributed by atoms with E-state index in [1.165, 1.54) is 14.2 Å². The third-order valence-corrected chi connectivity index (χ3v) is 4.73. The van der Waals surface area contributed by atoms with E-state index in [2.05, 4.69) is 15.3 Å². The van der Waals surface area contributed by atoms with E-state index in [0.29, 0.717) is 17.1 Å². The van der Waals surface area contributed by atoms with Gasteiger partial charge in [0.05, 0.1) is 19.8 Å². The molecule has 0 atom stereocenters. The molecule has 0 saturated heterocycles. The van der Waals surface area contributed by atoms with Crippen LogP contribution in [0.4, 0.5) is 0 Å². The van der Waals surface area contributed by atoms with E-state index in [4.69, 9.17) is 9.47 Å². The Hall–Kier alpha value is -3.07. The second kappa shape index (κ2) is 8.30. The molecule has 0 radical (unpaired) electrons. The number of benzene rings is 1. The molecule has 0 bridgehead atoms. The van der Waals surface area contributed by atoms with Crippen molar-refractivity contribution in [2.45, 2.75) is 25.9 Å². The summed E-state index contributed by atoms with van der Waals surface area (Å²) in [4.78, 5) is 33.3. The van der Waals surface area contributed by atoms with Crippen molar-refractivity contribution in [3.63, 3.8) is 0 Å². The summed E-state index contributed by atoms with van der Waals surface area (Å²) in [6, 6.07) is 5.28. The number of nitrogens with one attached hydrogen (secondary N) is 2. The average molecular weight is 390 g/mol. The van der Waals surface area contributed by atoms with Gasteiger partial charge in [-0.25, -0.2) is 4.98 Å². The highest BCUT2D eigenvalue weighted by molar-refractivity contribution is 5.94. The summed E-state index contributed by atoms with van der Waals surface area (Å²) in [7, 11) is 6.67. The molecule has 0 aliphatic carbocycles. The predicted octanol–water partition coefficient (Wildman–Crippen LogP) is 1.22. The lowest BCUT2D eigenvalue weighted by Crippen LogP contribution is -2.39. The van der Waals surface area contributed by atoms with Crippen molar-refractivity contribution in [2.75, 3.05) is 28.3 Å². The first-order valence-electron chi connectivity index (χ1n) is 8.62. The first kappa shape index (κ1) is 21.2. The highest BCUT2D eigenvalue weighted by Crippen LogP contribution is 2.30. The van der Waals surface area contributed by atoms with Gasteiger partial charge in [0.1, 0.15) is 5.82 Å². The number of hydrogen-bond donors (Lipinski definition) is 3. The number of carbonyl (C=O) groups is 1. The summed E-state index contributed by atoms with van der Waals surface area (Å²) in [5.41, 5.74) is -1.09. The number of hydrogen-bond acceptors (Lipinski definition) is 7. The number of amides is 1. The topological polar surface area (TPSA) is 117 Å². The molecule has 0 aliphatic heterocycles. The van der Waals surface area contributed by atoms with Crippen LogP contribution in [-0.2, 0) is 12.1 Å². The fourth-order valence-corrected chi connectivity index (χ4v) is 2.48. The van der Waals surface area contributed by atoms with Crippen LogP contribution in [0.3, 0.4) is 0 Å². The minimum atomic E-state index is -0.774. The van der Waals surface area contributed by atoms with Gasteiger partial charge in [-0.15, -0.1) is 0 Å². The third-order valence-electron chi connectivity index (χ3n) is 4.73. The molecule has 152 valence electrons. The van der Waals surface area contributed by atoms with Crippen LogP contribution in [0.5, 0.6) is 17.2 Å². The number of H-pyrrole nitrogens is 1. The molecule has 0 spiro atoms. The van der Waals surface area contributed by atoms with Crippen LogP contribution in [0, 0.1) is 0 Å². The number of aromatic nitrogens is 2. The predicted molar refractivity (Wildman–Crippen MR) is 104 cm³/mol. The van der Waals surface area contributed by atoms with Crippen molar-refractivity contribution in [3.05, 3.63) is 45.6 Å². The number of para-hydroxylation sites is 1. The monoisotopic (exact) mass is 390 g/mol. The Morgan fingerprint density at radius 3 is 2.54 bits per heavy atom. The quantitative estimate of drug-likeness (QED) is 0.651. The van der Waals surface area contributed by atoms with Crippen LogP contribution in [0.1, 0.15) is 35.7 Å². The van der Waals surface area contributed by atoms with Gasteiger partial charge >= 0.3 is 0 Å². The van der Waals surface area contributed by atoms with E-state index in [9.17, 15) is 14.7 Å². The number of methoxy groups -OCH3 is 2. The Bertz CT molecular complexity index is 921. The first-order valence-corrected chi connectivity index (χ1v) is 8.62. The van der Waals surface area contributed by atoms with Crippen LogP contribution in [-0.4, -0.2) is 54.2 Å². The summed E-state index contributed by atoms with van der Waals surface area (Å²) in [6.07, 6.45) is 0. The minimum Gasteiger partial charge on any atom is -0.501 e. The molecule has 2 aromatic rings. The normalized spacial score (nSPS) is 11.4. The van der Waals surface area contributed by atoms with E-state index in [1.54, 1.807) is 18.2 Å². The maximum atomic E-state index is 12.6. The van der Waals surface area contributed by atoms with Gasteiger partial charge < -0.3 is 24.9 Å². The van der Waals surface area contributed by atoms with Crippen molar-refractivity contribution in [3.8, 4) is 17.2 Å². The second-order valence-corrected chi connectivity index (χ2v) is 6.90. The number of aromatic hydroxyl groups is 1. The zero-order chi connectivity index (χ0) is 21.1. The summed E-state index contributed by atoms with van der Waals surface area (Å²) in [5.74, 6) is -0.119. The largest absolute Gasteiger partial charge is 0.501 e. The molecule has 1 amide bonds. The average Bonchev–Trinajstić information content (AvgIpc) is 2.67. The zero-order valence-electron chi connectivity index (χ0n) is 16.9. The minimum absolute atomic E-state index is 0.0968. The fraction of sp³-hybridized carbons (Fsp3) is 0.421. The Labute approximate surface area is 163 Å². The van der Waals surface area contributed by atoms with Crippen LogP contribution in [0.25, 0.3) is 0 Å². The number of aromatic amines is 1. The van der Waals surface area contributed by atoms with Gasteiger partial charge in [-0.3, -0.25) is 14.5 Å². The molecule has 9 nitrogen and oxygen atoms in total. The van der Waals surface area contributed by atoms with Crippen LogP contribution in [0.2, 0.25) is 0 Å². The molecule has 0 unspecified atom stereocenters. The van der Waals surface area contributed by atoms with Crippen molar-refractivity contribution in [1.29, 1.82) is 0 Å². The van der Waals surface area contributed by atoms with Gasteiger partial charge in [-0.2, -0.15) is 0 Å². The molecular weight excluding hydrogens is 364 g/mol. The Kier molecular flexibility index (Phi) is 6.30. The highest BCUT2D eigenvalue weighted by atomic mass is 16.5. The Balaban J connectivity index is 2.33. The lowest BCUT2D eigenvalue weighted by molar-refractivity contribution is 0.0940.